The number of halogens is 2. The first-order chi connectivity index (χ1) is 16.4. The van der Waals surface area contributed by atoms with Crippen molar-refractivity contribution in [3.63, 3.8) is 0 Å². The van der Waals surface area contributed by atoms with Crippen molar-refractivity contribution < 1.29 is 22.0 Å². The fourth-order valence-corrected chi connectivity index (χ4v) is 4.48. The van der Waals surface area contributed by atoms with E-state index in [2.05, 4.69) is 10.3 Å². The molecule has 9 heteroatoms. The second-order valence-corrected chi connectivity index (χ2v) is 10.6. The van der Waals surface area contributed by atoms with Crippen molar-refractivity contribution in [1.29, 1.82) is 0 Å². The summed E-state index contributed by atoms with van der Waals surface area (Å²) in [5.74, 6) is -0.724. The van der Waals surface area contributed by atoms with Gasteiger partial charge in [0.1, 0.15) is 5.56 Å². The average molecular weight is 503 g/mol. The van der Waals surface area contributed by atoms with Crippen molar-refractivity contribution in [1.82, 2.24) is 10.3 Å². The van der Waals surface area contributed by atoms with Crippen LogP contribution in [0.1, 0.15) is 65.5 Å². The summed E-state index contributed by atoms with van der Waals surface area (Å²) in [6.07, 6.45) is -0.910. The van der Waals surface area contributed by atoms with Gasteiger partial charge >= 0.3 is 0 Å². The zero-order valence-electron chi connectivity index (χ0n) is 20.0. The summed E-state index contributed by atoms with van der Waals surface area (Å²) in [6, 6.07) is 11.7. The van der Waals surface area contributed by atoms with Crippen LogP contribution in [-0.2, 0) is 16.4 Å². The van der Waals surface area contributed by atoms with E-state index in [4.69, 9.17) is 0 Å². The van der Waals surface area contributed by atoms with Crippen molar-refractivity contribution in [2.24, 2.45) is 0 Å². The molecule has 35 heavy (non-hydrogen) atoms. The van der Waals surface area contributed by atoms with Gasteiger partial charge in [0.2, 0.25) is 5.43 Å². The van der Waals surface area contributed by atoms with Gasteiger partial charge in [-0.3, -0.25) is 9.59 Å². The van der Waals surface area contributed by atoms with Gasteiger partial charge in [0.15, 0.2) is 9.84 Å². The number of rotatable bonds is 8. The largest absolute Gasteiger partial charge is 0.361 e. The second kappa shape index (κ2) is 10.5. The number of hydrogen-bond donors (Lipinski definition) is 2. The van der Waals surface area contributed by atoms with Crippen molar-refractivity contribution in [3.05, 3.63) is 86.8 Å². The van der Waals surface area contributed by atoms with Gasteiger partial charge in [-0.25, -0.2) is 17.2 Å². The highest BCUT2D eigenvalue weighted by molar-refractivity contribution is 7.90. The molecule has 6 nitrogen and oxygen atoms in total. The Balaban J connectivity index is 2.02. The van der Waals surface area contributed by atoms with Crippen LogP contribution in [0.5, 0.6) is 0 Å². The van der Waals surface area contributed by atoms with Crippen LogP contribution in [0.2, 0.25) is 0 Å². The number of alkyl halides is 2. The van der Waals surface area contributed by atoms with Crippen molar-refractivity contribution in [2.75, 3.05) is 6.26 Å². The maximum absolute atomic E-state index is 13.6. The molecule has 0 fully saturated rings. The van der Waals surface area contributed by atoms with Crippen LogP contribution in [0, 0.1) is 6.92 Å². The van der Waals surface area contributed by atoms with Crippen LogP contribution in [0.25, 0.3) is 11.1 Å². The summed E-state index contributed by atoms with van der Waals surface area (Å²) in [7, 11) is -3.34. The molecule has 1 unspecified atom stereocenters. The van der Waals surface area contributed by atoms with Gasteiger partial charge in [-0.1, -0.05) is 44.2 Å². The number of carbonyl (C=O) groups excluding carboxylic acids is 1. The third-order valence-electron chi connectivity index (χ3n) is 5.98. The Morgan fingerprint density at radius 2 is 1.77 bits per heavy atom. The minimum Gasteiger partial charge on any atom is -0.361 e. The molecule has 0 saturated carbocycles. The Bertz CT molecular complexity index is 1400. The van der Waals surface area contributed by atoms with Gasteiger partial charge in [0.25, 0.3) is 12.3 Å². The molecule has 1 amide bonds. The highest BCUT2D eigenvalue weighted by atomic mass is 32.2. The molecule has 186 valence electrons. The number of nitrogens with one attached hydrogen (secondary N) is 2. The molecule has 0 spiro atoms. The molecule has 0 bridgehead atoms. The van der Waals surface area contributed by atoms with E-state index in [1.165, 1.54) is 30.3 Å². The third-order valence-corrected chi connectivity index (χ3v) is 7.11. The SMILES string of the molecule is CCC(C)c1[nH]c(C)c(-c2cccc(C(F)F)c2)c(=O)c1C(=O)NCc1ccc(S(C)(=O)=O)cc1. The van der Waals surface area contributed by atoms with E-state index in [-0.39, 0.29) is 34.0 Å². The van der Waals surface area contributed by atoms with Gasteiger partial charge < -0.3 is 10.3 Å². The number of aromatic nitrogens is 1. The number of aromatic amines is 1. The number of aryl methyl sites for hydroxylation is 1. The lowest BCUT2D eigenvalue weighted by Gasteiger charge is -2.18. The van der Waals surface area contributed by atoms with Gasteiger partial charge in [0, 0.05) is 35.3 Å². The predicted molar refractivity (Wildman–Crippen MR) is 132 cm³/mol. The number of carbonyl (C=O) groups is 1. The van der Waals surface area contributed by atoms with Crippen LogP contribution < -0.4 is 10.7 Å². The molecule has 0 aliphatic heterocycles. The van der Waals surface area contributed by atoms with E-state index >= 15 is 0 Å². The smallest absolute Gasteiger partial charge is 0.263 e. The van der Waals surface area contributed by atoms with Crippen molar-refractivity contribution in [3.8, 4) is 11.1 Å². The Kier molecular flexibility index (Phi) is 7.90. The Hall–Kier alpha value is -3.33. The highest BCUT2D eigenvalue weighted by Gasteiger charge is 2.24. The molecule has 1 heterocycles. The maximum Gasteiger partial charge on any atom is 0.263 e. The summed E-state index contributed by atoms with van der Waals surface area (Å²) in [6.45, 7) is 5.58. The third kappa shape index (κ3) is 5.85. The average Bonchev–Trinajstić information content (AvgIpc) is 2.81. The molecular formula is C26H28F2N2O4S. The lowest BCUT2D eigenvalue weighted by Crippen LogP contribution is -2.32. The van der Waals surface area contributed by atoms with Gasteiger partial charge in [0.05, 0.1) is 4.90 Å². The van der Waals surface area contributed by atoms with Crippen LogP contribution in [0.4, 0.5) is 8.78 Å². The molecule has 0 radical (unpaired) electrons. The van der Waals surface area contributed by atoms with E-state index in [0.29, 0.717) is 28.9 Å². The molecule has 1 aromatic heterocycles. The lowest BCUT2D eigenvalue weighted by molar-refractivity contribution is 0.0948. The van der Waals surface area contributed by atoms with Gasteiger partial charge in [-0.2, -0.15) is 0 Å². The van der Waals surface area contributed by atoms with E-state index in [1.54, 1.807) is 25.1 Å². The minimum absolute atomic E-state index is 0.0600. The summed E-state index contributed by atoms with van der Waals surface area (Å²) in [5, 5.41) is 2.73. The van der Waals surface area contributed by atoms with E-state index in [0.717, 1.165) is 6.26 Å². The standard InChI is InChI=1S/C26H28F2N2O4S/c1-5-15(2)23-22(26(32)29-14-17-9-11-20(12-10-17)35(4,33)34)24(31)21(16(3)30-23)18-7-6-8-19(13-18)25(27)28/h6-13,15,25H,5,14H2,1-4H3,(H,29,32)(H,30,31). The number of amides is 1. The zero-order valence-corrected chi connectivity index (χ0v) is 20.8. The summed E-state index contributed by atoms with van der Waals surface area (Å²) in [4.78, 5) is 30.2. The monoisotopic (exact) mass is 502 g/mol. The normalized spacial score (nSPS) is 12.5. The van der Waals surface area contributed by atoms with E-state index in [1.807, 2.05) is 13.8 Å². The molecule has 3 aromatic rings. The first kappa shape index (κ1) is 26.3. The van der Waals surface area contributed by atoms with Crippen LogP contribution >= 0.6 is 0 Å². The summed E-state index contributed by atoms with van der Waals surface area (Å²) < 4.78 is 49.8. The Morgan fingerprint density at radius 3 is 2.34 bits per heavy atom. The van der Waals surface area contributed by atoms with Crippen molar-refractivity contribution in [2.45, 2.75) is 51.0 Å². The molecule has 2 aromatic carbocycles. The maximum atomic E-state index is 13.6. The fraction of sp³-hybridized carbons (Fsp3) is 0.308. The molecule has 0 aliphatic carbocycles. The molecule has 1 atom stereocenters. The van der Waals surface area contributed by atoms with Gasteiger partial charge in [-0.15, -0.1) is 0 Å². The number of sulfone groups is 1. The van der Waals surface area contributed by atoms with E-state index < -0.39 is 27.6 Å². The van der Waals surface area contributed by atoms with Crippen LogP contribution in [0.3, 0.4) is 0 Å². The van der Waals surface area contributed by atoms with Gasteiger partial charge in [-0.05, 0) is 48.6 Å². The quantitative estimate of drug-likeness (QED) is 0.446. The highest BCUT2D eigenvalue weighted by Crippen LogP contribution is 2.28. The first-order valence-electron chi connectivity index (χ1n) is 11.2. The molecule has 0 saturated heterocycles. The van der Waals surface area contributed by atoms with Crippen LogP contribution in [0.15, 0.2) is 58.2 Å². The van der Waals surface area contributed by atoms with Crippen LogP contribution in [-0.4, -0.2) is 25.6 Å². The first-order valence-corrected chi connectivity index (χ1v) is 13.1. The molecule has 3 rings (SSSR count). The summed E-state index contributed by atoms with van der Waals surface area (Å²) in [5.41, 5.74) is 1.30. The number of hydrogen-bond acceptors (Lipinski definition) is 4. The Morgan fingerprint density at radius 1 is 1.11 bits per heavy atom. The van der Waals surface area contributed by atoms with E-state index in [9.17, 15) is 26.8 Å². The molecule has 0 aliphatic rings. The summed E-state index contributed by atoms with van der Waals surface area (Å²) >= 11 is 0. The molecule has 2 N–H and O–H groups in total. The van der Waals surface area contributed by atoms with Crippen molar-refractivity contribution >= 4 is 15.7 Å². The second-order valence-electron chi connectivity index (χ2n) is 8.58. The lowest BCUT2D eigenvalue weighted by atomic mass is 9.93. The predicted octanol–water partition coefficient (Wildman–Crippen LogP) is 5.13. The topological polar surface area (TPSA) is 96.1 Å². The zero-order chi connectivity index (χ0) is 25.9. The minimum atomic E-state index is -3.34. The number of H-pyrrole nitrogens is 1. The number of benzene rings is 2. The Labute approximate surface area is 203 Å². The molecular weight excluding hydrogens is 474 g/mol. The number of pyridine rings is 1. The fourth-order valence-electron chi connectivity index (χ4n) is 3.85.